The maximum Gasteiger partial charge on any atom is 0.334 e. The van der Waals surface area contributed by atoms with Crippen LogP contribution < -0.4 is 18.9 Å². The lowest BCUT2D eigenvalue weighted by Crippen LogP contribution is -2.04. The fourth-order valence-corrected chi connectivity index (χ4v) is 4.19. The van der Waals surface area contributed by atoms with Gasteiger partial charge in [0.1, 0.15) is 5.76 Å². The maximum absolute atomic E-state index is 12.2. The van der Waals surface area contributed by atoms with E-state index in [4.69, 9.17) is 28.7 Å². The summed E-state index contributed by atoms with van der Waals surface area (Å²) in [5, 5.41) is 2.35. The summed E-state index contributed by atoms with van der Waals surface area (Å²) in [6, 6.07) is 25.2. The molecule has 0 aromatic heterocycles. The molecule has 0 N–H and O–H groups in total. The molecule has 0 saturated carbocycles. The third-order valence-corrected chi connectivity index (χ3v) is 6.25. The van der Waals surface area contributed by atoms with Gasteiger partial charge in [0.25, 0.3) is 0 Å². The number of benzene rings is 4. The second-order valence-corrected chi connectivity index (χ2v) is 8.64. The van der Waals surface area contributed by atoms with Gasteiger partial charge in [0.15, 0.2) is 23.0 Å². The van der Waals surface area contributed by atoms with E-state index in [1.807, 2.05) is 30.3 Å². The summed E-state index contributed by atoms with van der Waals surface area (Å²) in [5.74, 6) is 1.62. The Bertz CT molecular complexity index is 1520. The average molecular weight is 526 g/mol. The molecule has 4 rings (SSSR count). The van der Waals surface area contributed by atoms with E-state index >= 15 is 0 Å². The molecule has 200 valence electrons. The number of aliphatic imine (C=N–C) groups is 1. The molecule has 7 nitrogen and oxygen atoms in total. The summed E-state index contributed by atoms with van der Waals surface area (Å²) < 4.78 is 27.4. The normalized spacial score (nSPS) is 12.3. The number of rotatable bonds is 10. The number of nitrogens with zero attached hydrogens (tertiary/aromatic N) is 1. The van der Waals surface area contributed by atoms with Gasteiger partial charge in [-0.1, -0.05) is 42.5 Å². The Morgan fingerprint density at radius 3 is 2.21 bits per heavy atom. The number of methoxy groups -OCH3 is 4. The van der Waals surface area contributed by atoms with Gasteiger partial charge in [0.05, 0.1) is 40.6 Å². The van der Waals surface area contributed by atoms with Crippen LogP contribution in [-0.4, -0.2) is 40.6 Å². The van der Waals surface area contributed by atoms with Gasteiger partial charge in [-0.15, -0.1) is 0 Å². The first kappa shape index (κ1) is 27.3. The summed E-state index contributed by atoms with van der Waals surface area (Å²) in [5.41, 5.74) is 2.54. The van der Waals surface area contributed by atoms with Gasteiger partial charge in [0, 0.05) is 11.8 Å². The number of carbonyl (C=O) groups excluding carboxylic acids is 1. The molecule has 1 atom stereocenters. The van der Waals surface area contributed by atoms with Crippen LogP contribution in [0.4, 0.5) is 0 Å². The van der Waals surface area contributed by atoms with E-state index in [-0.39, 0.29) is 11.8 Å². The Balaban J connectivity index is 1.66. The number of hydrogen-bond acceptors (Lipinski definition) is 7. The van der Waals surface area contributed by atoms with Crippen molar-refractivity contribution in [1.82, 2.24) is 0 Å². The molecule has 7 heteroatoms. The largest absolute Gasteiger partial charge is 0.493 e. The molecule has 0 fully saturated rings. The molecule has 0 amide bonds. The average Bonchev–Trinajstić information content (AvgIpc) is 2.98. The minimum absolute atomic E-state index is 0.0656. The van der Waals surface area contributed by atoms with Crippen molar-refractivity contribution in [1.29, 1.82) is 0 Å². The molecule has 4 aromatic carbocycles. The first-order valence-electron chi connectivity index (χ1n) is 12.4. The van der Waals surface area contributed by atoms with Crippen molar-refractivity contribution in [3.8, 4) is 23.0 Å². The van der Waals surface area contributed by atoms with E-state index in [0.29, 0.717) is 28.6 Å². The highest BCUT2D eigenvalue weighted by Gasteiger charge is 2.15. The van der Waals surface area contributed by atoms with E-state index in [2.05, 4.69) is 31.2 Å². The third-order valence-electron chi connectivity index (χ3n) is 6.25. The quantitative estimate of drug-likeness (QED) is 0.100. The van der Waals surface area contributed by atoms with Crippen LogP contribution in [0.25, 0.3) is 16.5 Å². The molecule has 4 aromatic rings. The monoisotopic (exact) mass is 525 g/mol. The molecule has 0 unspecified atom stereocenters. The van der Waals surface area contributed by atoms with Crippen molar-refractivity contribution in [2.45, 2.75) is 13.0 Å². The lowest BCUT2D eigenvalue weighted by atomic mass is 10.00. The van der Waals surface area contributed by atoms with Crippen LogP contribution in [0.5, 0.6) is 23.0 Å². The molecule has 39 heavy (non-hydrogen) atoms. The number of fused-ring (bicyclic) bond motifs is 1. The molecule has 0 aliphatic carbocycles. The zero-order valence-electron chi connectivity index (χ0n) is 22.6. The maximum atomic E-state index is 12.2. The first-order valence-corrected chi connectivity index (χ1v) is 12.4. The number of ether oxygens (including phenoxy) is 5. The van der Waals surface area contributed by atoms with Crippen LogP contribution >= 0.6 is 0 Å². The summed E-state index contributed by atoms with van der Waals surface area (Å²) in [6.45, 7) is 2.06. The Kier molecular flexibility index (Phi) is 8.84. The Morgan fingerprint density at radius 1 is 0.769 bits per heavy atom. The number of carbonyl (C=O) groups is 1. The Labute approximate surface area is 228 Å². The molecule has 0 radical (unpaired) electrons. The van der Waals surface area contributed by atoms with E-state index in [1.54, 1.807) is 44.7 Å². The summed E-state index contributed by atoms with van der Waals surface area (Å²) in [6.07, 6.45) is 3.07. The standard InChI is InChI=1S/C32H31NO6/c1-21(25-12-8-10-23-9-6-7-11-26(23)25)33-20-22-13-15-28(36-3)31(17-22)39-29(19-32(34)38-5)24-14-16-27(35-2)30(18-24)37-4/h6-21H,1-5H3/b29-19+,33-20?/t21-/m1/s1. The lowest BCUT2D eigenvalue weighted by molar-refractivity contribution is -0.134. The minimum Gasteiger partial charge on any atom is -0.493 e. The Hall–Kier alpha value is -4.78. The van der Waals surface area contributed by atoms with Gasteiger partial charge >= 0.3 is 5.97 Å². The van der Waals surface area contributed by atoms with E-state index < -0.39 is 5.97 Å². The van der Waals surface area contributed by atoms with Gasteiger partial charge in [-0.25, -0.2) is 4.79 Å². The van der Waals surface area contributed by atoms with Crippen molar-refractivity contribution in [2.75, 3.05) is 28.4 Å². The smallest absolute Gasteiger partial charge is 0.334 e. The van der Waals surface area contributed by atoms with Crippen LogP contribution in [0, 0.1) is 0 Å². The first-order chi connectivity index (χ1) is 19.0. The predicted octanol–water partition coefficient (Wildman–Crippen LogP) is 6.64. The second-order valence-electron chi connectivity index (χ2n) is 8.64. The van der Waals surface area contributed by atoms with Crippen LogP contribution in [-0.2, 0) is 9.53 Å². The Morgan fingerprint density at radius 2 is 1.46 bits per heavy atom. The van der Waals surface area contributed by atoms with Gasteiger partial charge in [0.2, 0.25) is 0 Å². The molecular weight excluding hydrogens is 494 g/mol. The zero-order valence-corrected chi connectivity index (χ0v) is 22.6. The SMILES string of the molecule is COC(=O)/C=C(/Oc1cc(C=N[C@H](C)c2cccc3ccccc23)ccc1OC)c1ccc(OC)c(OC)c1. The van der Waals surface area contributed by atoms with Gasteiger partial charge in [-0.2, -0.15) is 0 Å². The van der Waals surface area contributed by atoms with Crippen molar-refractivity contribution in [2.24, 2.45) is 4.99 Å². The topological polar surface area (TPSA) is 75.6 Å². The van der Waals surface area contributed by atoms with Crippen LogP contribution in [0.15, 0.2) is 89.9 Å². The molecule has 0 saturated heterocycles. The van der Waals surface area contributed by atoms with Crippen molar-refractivity contribution >= 4 is 28.7 Å². The highest BCUT2D eigenvalue weighted by molar-refractivity contribution is 5.91. The second kappa shape index (κ2) is 12.6. The minimum atomic E-state index is -0.569. The fourth-order valence-electron chi connectivity index (χ4n) is 4.19. The van der Waals surface area contributed by atoms with E-state index in [0.717, 1.165) is 11.1 Å². The van der Waals surface area contributed by atoms with Crippen molar-refractivity contribution < 1.29 is 28.5 Å². The van der Waals surface area contributed by atoms with Gasteiger partial charge < -0.3 is 23.7 Å². The van der Waals surface area contributed by atoms with Crippen molar-refractivity contribution in [3.05, 3.63) is 102 Å². The van der Waals surface area contributed by atoms with Crippen LogP contribution in [0.2, 0.25) is 0 Å². The lowest BCUT2D eigenvalue weighted by Gasteiger charge is -2.16. The number of esters is 1. The fraction of sp³-hybridized carbons (Fsp3) is 0.188. The van der Waals surface area contributed by atoms with Crippen molar-refractivity contribution in [3.63, 3.8) is 0 Å². The van der Waals surface area contributed by atoms with Crippen LogP contribution in [0.3, 0.4) is 0 Å². The molecule has 0 bridgehead atoms. The highest BCUT2D eigenvalue weighted by Crippen LogP contribution is 2.35. The third kappa shape index (κ3) is 6.38. The molecule has 0 aliphatic heterocycles. The van der Waals surface area contributed by atoms with E-state index in [1.165, 1.54) is 31.1 Å². The van der Waals surface area contributed by atoms with Gasteiger partial charge in [-0.05, 0) is 65.2 Å². The summed E-state index contributed by atoms with van der Waals surface area (Å²) in [4.78, 5) is 17.0. The van der Waals surface area contributed by atoms with E-state index in [9.17, 15) is 4.79 Å². The summed E-state index contributed by atoms with van der Waals surface area (Å²) >= 11 is 0. The molecule has 0 aliphatic rings. The van der Waals surface area contributed by atoms with Gasteiger partial charge in [-0.3, -0.25) is 4.99 Å². The molecular formula is C32H31NO6. The molecule has 0 spiro atoms. The summed E-state index contributed by atoms with van der Waals surface area (Å²) in [7, 11) is 5.95. The zero-order chi connectivity index (χ0) is 27.8. The predicted molar refractivity (Wildman–Crippen MR) is 153 cm³/mol. The highest BCUT2D eigenvalue weighted by atomic mass is 16.5. The number of hydrogen-bond donors (Lipinski definition) is 0. The molecule has 0 heterocycles. The van der Waals surface area contributed by atoms with Crippen LogP contribution in [0.1, 0.15) is 29.7 Å².